The van der Waals surface area contributed by atoms with Crippen LogP contribution in [-0.2, 0) is 11.2 Å². The smallest absolute Gasteiger partial charge is 0.328 e. The minimum atomic E-state index is -0.975. The monoisotopic (exact) mass is 372 g/mol. The predicted octanol–water partition coefficient (Wildman–Crippen LogP) is 3.72. The van der Waals surface area contributed by atoms with Crippen molar-refractivity contribution in [3.63, 3.8) is 0 Å². The average molecular weight is 372 g/mol. The second-order valence-corrected chi connectivity index (χ2v) is 5.83. The molecule has 2 rings (SSSR count). The number of ether oxygens (including phenoxy) is 4. The van der Waals surface area contributed by atoms with Crippen molar-refractivity contribution in [2.24, 2.45) is 0 Å². The molecule has 144 valence electrons. The number of benzene rings is 2. The summed E-state index contributed by atoms with van der Waals surface area (Å²) in [6, 6.07) is 7.64. The van der Waals surface area contributed by atoms with Crippen molar-refractivity contribution in [1.29, 1.82) is 0 Å². The lowest BCUT2D eigenvalue weighted by Gasteiger charge is -2.21. The molecule has 0 radical (unpaired) electrons. The molecular formula is C21H24O6. The zero-order chi connectivity index (χ0) is 20.0. The van der Waals surface area contributed by atoms with Gasteiger partial charge in [-0.3, -0.25) is 0 Å². The van der Waals surface area contributed by atoms with Gasteiger partial charge in [-0.2, -0.15) is 0 Å². The molecule has 0 saturated carbocycles. The van der Waals surface area contributed by atoms with Gasteiger partial charge in [0.1, 0.15) is 0 Å². The van der Waals surface area contributed by atoms with E-state index in [2.05, 4.69) is 0 Å². The van der Waals surface area contributed by atoms with E-state index in [1.807, 2.05) is 31.2 Å². The first kappa shape index (κ1) is 20.2. The van der Waals surface area contributed by atoms with Crippen LogP contribution in [0.3, 0.4) is 0 Å². The Morgan fingerprint density at radius 3 is 1.89 bits per heavy atom. The molecule has 2 aromatic carbocycles. The fourth-order valence-electron chi connectivity index (χ4n) is 2.98. The Morgan fingerprint density at radius 1 is 0.889 bits per heavy atom. The third-order valence-corrected chi connectivity index (χ3v) is 4.28. The van der Waals surface area contributed by atoms with Crippen molar-refractivity contribution in [3.05, 3.63) is 52.6 Å². The molecule has 0 aliphatic heterocycles. The van der Waals surface area contributed by atoms with Gasteiger partial charge in [-0.1, -0.05) is 24.3 Å². The van der Waals surface area contributed by atoms with Crippen molar-refractivity contribution in [3.8, 4) is 23.0 Å². The molecular weight excluding hydrogens is 348 g/mol. The lowest BCUT2D eigenvalue weighted by atomic mass is 9.96. The van der Waals surface area contributed by atoms with Crippen LogP contribution in [0, 0.1) is 6.92 Å². The van der Waals surface area contributed by atoms with E-state index < -0.39 is 5.97 Å². The third kappa shape index (κ3) is 4.34. The normalized spacial score (nSPS) is 10.7. The molecule has 0 fully saturated rings. The van der Waals surface area contributed by atoms with Crippen molar-refractivity contribution in [1.82, 2.24) is 0 Å². The number of rotatable bonds is 8. The Bertz CT molecular complexity index is 837. The van der Waals surface area contributed by atoms with Gasteiger partial charge >= 0.3 is 5.97 Å². The van der Waals surface area contributed by atoms with Gasteiger partial charge in [-0.15, -0.1) is 0 Å². The maximum absolute atomic E-state index is 10.6. The van der Waals surface area contributed by atoms with Gasteiger partial charge in [0.2, 0.25) is 11.5 Å². The summed E-state index contributed by atoms with van der Waals surface area (Å²) >= 11 is 0. The van der Waals surface area contributed by atoms with Crippen LogP contribution in [0.25, 0.3) is 6.08 Å². The fourth-order valence-corrected chi connectivity index (χ4v) is 2.98. The number of carbonyl (C=O) groups is 1. The first-order chi connectivity index (χ1) is 13.0. The molecule has 27 heavy (non-hydrogen) atoms. The van der Waals surface area contributed by atoms with Crippen LogP contribution in [0.1, 0.15) is 22.3 Å². The molecule has 1 N–H and O–H groups in total. The number of aliphatic carboxylic acids is 1. The first-order valence-corrected chi connectivity index (χ1v) is 8.32. The molecule has 0 aliphatic rings. The number of carboxylic acids is 1. The standard InChI is InChI=1S/C21H24O6/c1-13-16(12-15-8-6-14(7-9-15)10-11-17(22)23)19(25-3)21(27-5)20(26-4)18(13)24-2/h6-11H,12H2,1-5H3,(H,22,23)/b11-10+. The van der Waals surface area contributed by atoms with Gasteiger partial charge in [0, 0.05) is 23.6 Å². The highest BCUT2D eigenvalue weighted by Gasteiger charge is 2.25. The van der Waals surface area contributed by atoms with E-state index in [0.717, 1.165) is 28.3 Å². The Labute approximate surface area is 158 Å². The van der Waals surface area contributed by atoms with Crippen molar-refractivity contribution in [2.75, 3.05) is 28.4 Å². The van der Waals surface area contributed by atoms with Gasteiger partial charge in [0.05, 0.1) is 28.4 Å². The predicted molar refractivity (Wildman–Crippen MR) is 103 cm³/mol. The van der Waals surface area contributed by atoms with E-state index in [1.54, 1.807) is 34.5 Å². The van der Waals surface area contributed by atoms with E-state index in [-0.39, 0.29) is 0 Å². The van der Waals surface area contributed by atoms with Gasteiger partial charge in [0.15, 0.2) is 11.5 Å². The summed E-state index contributed by atoms with van der Waals surface area (Å²) in [4.78, 5) is 10.6. The molecule has 0 spiro atoms. The van der Waals surface area contributed by atoms with Crippen LogP contribution in [0.15, 0.2) is 30.3 Å². The molecule has 0 bridgehead atoms. The molecule has 0 heterocycles. The lowest BCUT2D eigenvalue weighted by molar-refractivity contribution is -0.131. The van der Waals surface area contributed by atoms with Crippen LogP contribution in [0.5, 0.6) is 23.0 Å². The Kier molecular flexibility index (Phi) is 6.71. The minimum Gasteiger partial charge on any atom is -0.492 e. The van der Waals surface area contributed by atoms with E-state index in [9.17, 15) is 4.79 Å². The number of hydrogen-bond acceptors (Lipinski definition) is 5. The van der Waals surface area contributed by atoms with Gasteiger partial charge in [-0.05, 0) is 24.1 Å². The Morgan fingerprint density at radius 2 is 1.41 bits per heavy atom. The first-order valence-electron chi connectivity index (χ1n) is 8.32. The maximum atomic E-state index is 10.6. The summed E-state index contributed by atoms with van der Waals surface area (Å²) in [6.45, 7) is 1.95. The average Bonchev–Trinajstić information content (AvgIpc) is 2.67. The Balaban J connectivity index is 2.47. The second-order valence-electron chi connectivity index (χ2n) is 5.83. The van der Waals surface area contributed by atoms with Gasteiger partial charge in [0.25, 0.3) is 0 Å². The van der Waals surface area contributed by atoms with Crippen LogP contribution in [-0.4, -0.2) is 39.5 Å². The summed E-state index contributed by atoms with van der Waals surface area (Å²) in [7, 11) is 6.29. The van der Waals surface area contributed by atoms with Gasteiger partial charge < -0.3 is 24.1 Å². The SMILES string of the molecule is COc1c(C)c(Cc2ccc(/C=C/C(=O)O)cc2)c(OC)c(OC)c1OC. The molecule has 0 aromatic heterocycles. The highest BCUT2D eigenvalue weighted by Crippen LogP contribution is 2.49. The minimum absolute atomic E-state index is 0.485. The molecule has 0 aliphatic carbocycles. The van der Waals surface area contributed by atoms with Crippen molar-refractivity contribution < 1.29 is 28.8 Å². The van der Waals surface area contributed by atoms with Crippen LogP contribution in [0.4, 0.5) is 0 Å². The molecule has 0 atom stereocenters. The third-order valence-electron chi connectivity index (χ3n) is 4.28. The van der Waals surface area contributed by atoms with Crippen molar-refractivity contribution in [2.45, 2.75) is 13.3 Å². The van der Waals surface area contributed by atoms with Crippen LogP contribution >= 0.6 is 0 Å². The zero-order valence-corrected chi connectivity index (χ0v) is 16.2. The highest BCUT2D eigenvalue weighted by molar-refractivity contribution is 5.85. The largest absolute Gasteiger partial charge is 0.492 e. The number of carboxylic acid groups (broad SMARTS) is 1. The maximum Gasteiger partial charge on any atom is 0.328 e. The summed E-state index contributed by atoms with van der Waals surface area (Å²) in [6.07, 6.45) is 3.26. The number of hydrogen-bond donors (Lipinski definition) is 1. The lowest BCUT2D eigenvalue weighted by Crippen LogP contribution is -2.05. The molecule has 2 aromatic rings. The molecule has 0 unspecified atom stereocenters. The van der Waals surface area contributed by atoms with E-state index in [4.69, 9.17) is 24.1 Å². The number of methoxy groups -OCH3 is 4. The van der Waals surface area contributed by atoms with E-state index in [1.165, 1.54) is 0 Å². The molecule has 0 saturated heterocycles. The topological polar surface area (TPSA) is 74.2 Å². The molecule has 0 amide bonds. The summed E-state index contributed by atoms with van der Waals surface area (Å²) in [5.41, 5.74) is 3.69. The van der Waals surface area contributed by atoms with Crippen LogP contribution < -0.4 is 18.9 Å². The Hall–Kier alpha value is -3.15. The van der Waals surface area contributed by atoms with Crippen molar-refractivity contribution >= 4 is 12.0 Å². The summed E-state index contributed by atoms with van der Waals surface area (Å²) in [5, 5.41) is 8.72. The molecule has 6 heteroatoms. The summed E-state index contributed by atoms with van der Waals surface area (Å²) in [5.74, 6) is 1.20. The summed E-state index contributed by atoms with van der Waals surface area (Å²) < 4.78 is 22.1. The van der Waals surface area contributed by atoms with E-state index in [0.29, 0.717) is 29.4 Å². The quantitative estimate of drug-likeness (QED) is 0.712. The van der Waals surface area contributed by atoms with Crippen LogP contribution in [0.2, 0.25) is 0 Å². The van der Waals surface area contributed by atoms with Gasteiger partial charge in [-0.25, -0.2) is 4.79 Å². The molecule has 6 nitrogen and oxygen atoms in total. The zero-order valence-electron chi connectivity index (χ0n) is 16.2. The second kappa shape index (κ2) is 8.98. The fraction of sp³-hybridized carbons (Fsp3) is 0.286. The highest BCUT2D eigenvalue weighted by atomic mass is 16.5. The van der Waals surface area contributed by atoms with E-state index >= 15 is 0 Å².